The van der Waals surface area contributed by atoms with Gasteiger partial charge in [0.05, 0.1) is 10.6 Å². The Morgan fingerprint density at radius 1 is 1.11 bits per heavy atom. The van der Waals surface area contributed by atoms with Crippen molar-refractivity contribution in [2.45, 2.75) is 38.0 Å². The van der Waals surface area contributed by atoms with Crippen LogP contribution in [0.2, 0.25) is 0 Å². The van der Waals surface area contributed by atoms with E-state index in [1.54, 1.807) is 24.3 Å². The minimum Gasteiger partial charge on any atom is -0.338 e. The summed E-state index contributed by atoms with van der Waals surface area (Å²) in [5, 5.41) is 0. The van der Waals surface area contributed by atoms with Gasteiger partial charge in [-0.3, -0.25) is 9.52 Å². The van der Waals surface area contributed by atoms with Crippen molar-refractivity contribution in [3.05, 3.63) is 59.7 Å². The van der Waals surface area contributed by atoms with Crippen molar-refractivity contribution >= 4 is 21.6 Å². The van der Waals surface area contributed by atoms with Crippen LogP contribution in [0.5, 0.6) is 0 Å². The summed E-state index contributed by atoms with van der Waals surface area (Å²) >= 11 is 0. The summed E-state index contributed by atoms with van der Waals surface area (Å²) in [4.78, 5) is 14.8. The third kappa shape index (κ3) is 4.89. The molecule has 1 aliphatic rings. The smallest absolute Gasteiger partial charge is 0.261 e. The van der Waals surface area contributed by atoms with Gasteiger partial charge < -0.3 is 4.90 Å². The topological polar surface area (TPSA) is 66.5 Å². The van der Waals surface area contributed by atoms with E-state index >= 15 is 0 Å². The zero-order valence-corrected chi connectivity index (χ0v) is 16.6. The molecular weight excluding hydrogens is 360 g/mol. The minimum atomic E-state index is -3.69. The Bertz CT molecular complexity index is 903. The number of aryl methyl sites for hydroxylation is 1. The van der Waals surface area contributed by atoms with Crippen LogP contribution in [0.1, 0.15) is 42.1 Å². The molecule has 0 heterocycles. The zero-order chi connectivity index (χ0) is 19.4. The molecule has 0 saturated heterocycles. The predicted molar refractivity (Wildman–Crippen MR) is 107 cm³/mol. The summed E-state index contributed by atoms with van der Waals surface area (Å²) in [7, 11) is -3.69. The number of nitrogens with one attached hydrogen (secondary N) is 1. The molecule has 6 heteroatoms. The van der Waals surface area contributed by atoms with Crippen LogP contribution in [0, 0.1) is 12.8 Å². The van der Waals surface area contributed by atoms with Gasteiger partial charge >= 0.3 is 0 Å². The van der Waals surface area contributed by atoms with Gasteiger partial charge in [0.15, 0.2) is 0 Å². The van der Waals surface area contributed by atoms with Crippen LogP contribution < -0.4 is 4.72 Å². The van der Waals surface area contributed by atoms with Gasteiger partial charge in [0.1, 0.15) is 0 Å². The highest BCUT2D eigenvalue weighted by molar-refractivity contribution is 7.92. The lowest BCUT2D eigenvalue weighted by atomic mass is 10.2. The Balaban J connectivity index is 1.75. The van der Waals surface area contributed by atoms with Crippen LogP contribution in [0.15, 0.2) is 53.4 Å². The summed E-state index contributed by atoms with van der Waals surface area (Å²) in [6.45, 7) is 5.42. The molecule has 1 N–H and O–H groups in total. The van der Waals surface area contributed by atoms with E-state index in [1.165, 1.54) is 25.0 Å². The molecule has 0 unspecified atom stereocenters. The summed E-state index contributed by atoms with van der Waals surface area (Å²) in [5.41, 5.74) is 1.93. The van der Waals surface area contributed by atoms with Crippen LogP contribution in [-0.2, 0) is 10.0 Å². The van der Waals surface area contributed by atoms with Gasteiger partial charge in [0, 0.05) is 18.7 Å². The van der Waals surface area contributed by atoms with Gasteiger partial charge in [-0.05, 0) is 68.0 Å². The highest BCUT2D eigenvalue weighted by Gasteiger charge is 2.27. The zero-order valence-electron chi connectivity index (χ0n) is 15.8. The first-order valence-corrected chi connectivity index (χ1v) is 10.9. The van der Waals surface area contributed by atoms with Crippen molar-refractivity contribution in [1.29, 1.82) is 0 Å². The van der Waals surface area contributed by atoms with E-state index in [4.69, 9.17) is 0 Å². The number of hydrogen-bond donors (Lipinski definition) is 1. The van der Waals surface area contributed by atoms with Crippen molar-refractivity contribution in [1.82, 2.24) is 4.90 Å². The largest absolute Gasteiger partial charge is 0.338 e. The second-order valence-electron chi connectivity index (χ2n) is 7.14. The lowest BCUT2D eigenvalue weighted by Crippen LogP contribution is -2.33. The number of para-hydroxylation sites is 1. The van der Waals surface area contributed by atoms with Crippen molar-refractivity contribution in [3.8, 4) is 0 Å². The van der Waals surface area contributed by atoms with Gasteiger partial charge in [-0.1, -0.05) is 25.1 Å². The second kappa shape index (κ2) is 8.13. The summed E-state index contributed by atoms with van der Waals surface area (Å²) in [6, 6.07) is 13.4. The Morgan fingerprint density at radius 2 is 1.78 bits per heavy atom. The van der Waals surface area contributed by atoms with Crippen molar-refractivity contribution < 1.29 is 13.2 Å². The predicted octanol–water partition coefficient (Wildman–Crippen LogP) is 4.06. The van der Waals surface area contributed by atoms with Gasteiger partial charge in [-0.15, -0.1) is 0 Å². The molecule has 1 amide bonds. The number of sulfonamides is 1. The molecule has 144 valence electrons. The first kappa shape index (κ1) is 19.4. The summed E-state index contributed by atoms with van der Waals surface area (Å²) in [5.74, 6) is 0.595. The number of carbonyl (C=O) groups excluding carboxylic acids is 1. The van der Waals surface area contributed by atoms with Crippen molar-refractivity contribution in [3.63, 3.8) is 0 Å². The fourth-order valence-electron chi connectivity index (χ4n) is 3.01. The maximum atomic E-state index is 12.8. The molecule has 3 rings (SSSR count). The normalized spacial score (nSPS) is 14.0. The second-order valence-corrected chi connectivity index (χ2v) is 8.82. The van der Waals surface area contributed by atoms with Crippen LogP contribution in [-0.4, -0.2) is 32.3 Å². The summed E-state index contributed by atoms with van der Waals surface area (Å²) < 4.78 is 27.8. The van der Waals surface area contributed by atoms with Crippen molar-refractivity contribution in [2.24, 2.45) is 5.92 Å². The molecule has 1 saturated carbocycles. The Labute approximate surface area is 161 Å². The average molecular weight is 387 g/mol. The molecule has 27 heavy (non-hydrogen) atoms. The van der Waals surface area contributed by atoms with E-state index in [0.717, 1.165) is 25.1 Å². The van der Waals surface area contributed by atoms with E-state index in [1.807, 2.05) is 24.0 Å². The van der Waals surface area contributed by atoms with Gasteiger partial charge in [0.2, 0.25) is 0 Å². The fraction of sp³-hybridized carbons (Fsp3) is 0.381. The molecule has 2 aromatic carbocycles. The van der Waals surface area contributed by atoms with Crippen LogP contribution >= 0.6 is 0 Å². The molecular formula is C21H26N2O3S. The van der Waals surface area contributed by atoms with E-state index in [2.05, 4.69) is 11.6 Å². The molecule has 5 nitrogen and oxygen atoms in total. The average Bonchev–Trinajstić information content (AvgIpc) is 3.47. The van der Waals surface area contributed by atoms with Crippen molar-refractivity contribution in [2.75, 3.05) is 17.8 Å². The maximum Gasteiger partial charge on any atom is 0.261 e. The fourth-order valence-corrected chi connectivity index (χ4v) is 4.14. The number of amides is 1. The van der Waals surface area contributed by atoms with E-state index in [-0.39, 0.29) is 10.8 Å². The number of hydrogen-bond acceptors (Lipinski definition) is 3. The number of nitrogens with zero attached hydrogens (tertiary/aromatic N) is 1. The standard InChI is InChI=1S/C21H26N2O3S/c1-3-14-23(15-17-8-9-17)21(24)18-10-12-19(13-11-18)27(25,26)22-20-7-5-4-6-16(20)2/h4-7,10-13,17,22H,3,8-9,14-15H2,1-2H3. The molecule has 0 bridgehead atoms. The molecule has 2 aromatic rings. The third-order valence-corrected chi connectivity index (χ3v) is 6.14. The molecule has 1 aliphatic carbocycles. The lowest BCUT2D eigenvalue weighted by Gasteiger charge is -2.22. The van der Waals surface area contributed by atoms with E-state index in [0.29, 0.717) is 17.2 Å². The molecule has 0 aliphatic heterocycles. The van der Waals surface area contributed by atoms with Crippen LogP contribution in [0.3, 0.4) is 0 Å². The van der Waals surface area contributed by atoms with Gasteiger partial charge in [-0.25, -0.2) is 8.42 Å². The number of benzene rings is 2. The Kier molecular flexibility index (Phi) is 5.85. The first-order chi connectivity index (χ1) is 12.9. The molecule has 0 aromatic heterocycles. The maximum absolute atomic E-state index is 12.8. The van der Waals surface area contributed by atoms with Crippen LogP contribution in [0.25, 0.3) is 0 Å². The van der Waals surface area contributed by atoms with Crippen LogP contribution in [0.4, 0.5) is 5.69 Å². The van der Waals surface area contributed by atoms with E-state index < -0.39 is 10.0 Å². The van der Waals surface area contributed by atoms with E-state index in [9.17, 15) is 13.2 Å². The molecule has 0 atom stereocenters. The molecule has 0 spiro atoms. The number of carbonyl (C=O) groups is 1. The third-order valence-electron chi connectivity index (χ3n) is 4.76. The summed E-state index contributed by atoms with van der Waals surface area (Å²) in [6.07, 6.45) is 3.29. The minimum absolute atomic E-state index is 0.0282. The van der Waals surface area contributed by atoms with Gasteiger partial charge in [-0.2, -0.15) is 0 Å². The Morgan fingerprint density at radius 3 is 2.37 bits per heavy atom. The van der Waals surface area contributed by atoms with Gasteiger partial charge in [0.25, 0.3) is 15.9 Å². The first-order valence-electron chi connectivity index (χ1n) is 9.38. The quantitative estimate of drug-likeness (QED) is 0.744. The SMILES string of the molecule is CCCN(CC1CC1)C(=O)c1ccc(S(=O)(=O)Nc2ccccc2C)cc1. The monoisotopic (exact) mass is 386 g/mol. The Hall–Kier alpha value is -2.34. The molecule has 0 radical (unpaired) electrons. The number of rotatable bonds is 8. The molecule has 1 fully saturated rings. The lowest BCUT2D eigenvalue weighted by molar-refractivity contribution is 0.0747. The number of anilines is 1. The highest BCUT2D eigenvalue weighted by atomic mass is 32.2. The highest BCUT2D eigenvalue weighted by Crippen LogP contribution is 2.30.